The Morgan fingerprint density at radius 3 is 2.29 bits per heavy atom. The lowest BCUT2D eigenvalue weighted by Gasteiger charge is -2.33. The van der Waals surface area contributed by atoms with Crippen LogP contribution in [0, 0.1) is 11.8 Å². The van der Waals surface area contributed by atoms with E-state index in [-0.39, 0.29) is 12.4 Å². The van der Waals surface area contributed by atoms with Crippen LogP contribution >= 0.6 is 12.4 Å². The van der Waals surface area contributed by atoms with Gasteiger partial charge in [0.15, 0.2) is 0 Å². The summed E-state index contributed by atoms with van der Waals surface area (Å²) < 4.78 is 0. The highest BCUT2D eigenvalue weighted by atomic mass is 35.5. The molecular formula is C13H25ClN2O. The molecule has 1 saturated heterocycles. The SMILES string of the molecule is CNCC1CCN(C(=O)C2CCCC2)CC1.Cl. The normalized spacial score (nSPS) is 22.5. The second kappa shape index (κ2) is 7.22. The monoisotopic (exact) mass is 260 g/mol. The zero-order chi connectivity index (χ0) is 11.4. The summed E-state index contributed by atoms with van der Waals surface area (Å²) in [6, 6.07) is 0. The zero-order valence-corrected chi connectivity index (χ0v) is 11.6. The molecule has 0 atom stereocenters. The molecule has 0 radical (unpaired) electrons. The number of nitrogens with zero attached hydrogens (tertiary/aromatic N) is 1. The van der Waals surface area contributed by atoms with Gasteiger partial charge in [-0.05, 0) is 45.2 Å². The third-order valence-corrected chi connectivity index (χ3v) is 4.12. The first-order valence-corrected chi connectivity index (χ1v) is 6.74. The Labute approximate surface area is 111 Å². The summed E-state index contributed by atoms with van der Waals surface area (Å²) in [5, 5.41) is 3.23. The first kappa shape index (κ1) is 14.8. The Morgan fingerprint density at radius 2 is 1.76 bits per heavy atom. The molecule has 1 aliphatic heterocycles. The predicted molar refractivity (Wildman–Crippen MR) is 72.4 cm³/mol. The molecule has 0 aromatic carbocycles. The van der Waals surface area contributed by atoms with Crippen LogP contribution in [0.1, 0.15) is 38.5 Å². The number of carbonyl (C=O) groups is 1. The Morgan fingerprint density at radius 1 is 1.18 bits per heavy atom. The second-order valence-electron chi connectivity index (χ2n) is 5.31. The molecule has 0 unspecified atom stereocenters. The van der Waals surface area contributed by atoms with E-state index >= 15 is 0 Å². The van der Waals surface area contributed by atoms with Crippen molar-refractivity contribution >= 4 is 18.3 Å². The summed E-state index contributed by atoms with van der Waals surface area (Å²) in [4.78, 5) is 14.3. The summed E-state index contributed by atoms with van der Waals surface area (Å²) >= 11 is 0. The lowest BCUT2D eigenvalue weighted by atomic mass is 9.95. The maximum atomic E-state index is 12.2. The fraction of sp³-hybridized carbons (Fsp3) is 0.923. The van der Waals surface area contributed by atoms with Crippen molar-refractivity contribution in [3.63, 3.8) is 0 Å². The molecule has 2 rings (SSSR count). The second-order valence-corrected chi connectivity index (χ2v) is 5.31. The molecule has 1 aliphatic carbocycles. The maximum Gasteiger partial charge on any atom is 0.225 e. The third kappa shape index (κ3) is 3.85. The van der Waals surface area contributed by atoms with E-state index in [0.717, 1.165) is 38.4 Å². The Kier molecular flexibility index (Phi) is 6.28. The van der Waals surface area contributed by atoms with Crippen LogP contribution in [-0.2, 0) is 4.79 Å². The Hall–Kier alpha value is -0.280. The van der Waals surface area contributed by atoms with Crippen molar-refractivity contribution in [2.75, 3.05) is 26.7 Å². The number of rotatable bonds is 3. The average molecular weight is 261 g/mol. The van der Waals surface area contributed by atoms with Crippen molar-refractivity contribution in [3.05, 3.63) is 0 Å². The van der Waals surface area contributed by atoms with E-state index in [0.29, 0.717) is 11.8 Å². The lowest BCUT2D eigenvalue weighted by Crippen LogP contribution is -2.42. The summed E-state index contributed by atoms with van der Waals surface area (Å²) in [6.45, 7) is 3.08. The molecule has 4 heteroatoms. The first-order chi connectivity index (χ1) is 7.81. The molecule has 1 N–H and O–H groups in total. The van der Waals surface area contributed by atoms with Crippen molar-refractivity contribution in [2.24, 2.45) is 11.8 Å². The Bertz CT molecular complexity index is 234. The van der Waals surface area contributed by atoms with Gasteiger partial charge >= 0.3 is 0 Å². The highest BCUT2D eigenvalue weighted by Gasteiger charge is 2.29. The minimum atomic E-state index is 0. The number of piperidine rings is 1. The van der Waals surface area contributed by atoms with E-state index in [1.165, 1.54) is 25.7 Å². The molecular weight excluding hydrogens is 236 g/mol. The van der Waals surface area contributed by atoms with E-state index in [4.69, 9.17) is 0 Å². The summed E-state index contributed by atoms with van der Waals surface area (Å²) in [5.41, 5.74) is 0. The number of carbonyl (C=O) groups excluding carboxylic acids is 1. The zero-order valence-electron chi connectivity index (χ0n) is 10.8. The van der Waals surface area contributed by atoms with Crippen molar-refractivity contribution in [2.45, 2.75) is 38.5 Å². The lowest BCUT2D eigenvalue weighted by molar-refractivity contribution is -0.136. The van der Waals surface area contributed by atoms with Gasteiger partial charge in [-0.15, -0.1) is 12.4 Å². The Balaban J connectivity index is 0.00000144. The quantitative estimate of drug-likeness (QED) is 0.843. The number of amides is 1. The van der Waals surface area contributed by atoms with E-state index < -0.39 is 0 Å². The number of hydrogen-bond acceptors (Lipinski definition) is 2. The smallest absolute Gasteiger partial charge is 0.225 e. The molecule has 1 heterocycles. The molecule has 1 saturated carbocycles. The van der Waals surface area contributed by atoms with Gasteiger partial charge in [-0.1, -0.05) is 12.8 Å². The van der Waals surface area contributed by atoms with E-state index in [2.05, 4.69) is 10.2 Å². The number of halogens is 1. The third-order valence-electron chi connectivity index (χ3n) is 4.12. The van der Waals surface area contributed by atoms with E-state index in [1.807, 2.05) is 7.05 Å². The molecule has 0 bridgehead atoms. The van der Waals surface area contributed by atoms with Crippen LogP contribution in [-0.4, -0.2) is 37.5 Å². The molecule has 1 amide bonds. The summed E-state index contributed by atoms with van der Waals surface area (Å²) in [6.07, 6.45) is 7.14. The van der Waals surface area contributed by atoms with Crippen LogP contribution in [0.5, 0.6) is 0 Å². The molecule has 0 aromatic heterocycles. The number of hydrogen-bond donors (Lipinski definition) is 1. The van der Waals surface area contributed by atoms with Crippen LogP contribution in [0.25, 0.3) is 0 Å². The van der Waals surface area contributed by atoms with Gasteiger partial charge in [0.1, 0.15) is 0 Å². The highest BCUT2D eigenvalue weighted by molar-refractivity contribution is 5.85. The largest absolute Gasteiger partial charge is 0.342 e. The van der Waals surface area contributed by atoms with Gasteiger partial charge in [-0.3, -0.25) is 4.79 Å². The van der Waals surface area contributed by atoms with Gasteiger partial charge < -0.3 is 10.2 Å². The molecule has 100 valence electrons. The van der Waals surface area contributed by atoms with Crippen LogP contribution in [0.4, 0.5) is 0 Å². The molecule has 2 fully saturated rings. The van der Waals surface area contributed by atoms with Gasteiger partial charge in [0.25, 0.3) is 0 Å². The van der Waals surface area contributed by atoms with Gasteiger partial charge in [0.2, 0.25) is 5.91 Å². The van der Waals surface area contributed by atoms with Crippen molar-refractivity contribution in [1.82, 2.24) is 10.2 Å². The van der Waals surface area contributed by atoms with Gasteiger partial charge in [0, 0.05) is 19.0 Å². The maximum absolute atomic E-state index is 12.2. The van der Waals surface area contributed by atoms with Crippen LogP contribution in [0.2, 0.25) is 0 Å². The van der Waals surface area contributed by atoms with Crippen LogP contribution in [0.3, 0.4) is 0 Å². The van der Waals surface area contributed by atoms with Gasteiger partial charge in [-0.25, -0.2) is 0 Å². The van der Waals surface area contributed by atoms with Crippen molar-refractivity contribution < 1.29 is 4.79 Å². The van der Waals surface area contributed by atoms with Crippen molar-refractivity contribution in [3.8, 4) is 0 Å². The van der Waals surface area contributed by atoms with E-state index in [9.17, 15) is 4.79 Å². The van der Waals surface area contributed by atoms with Crippen LogP contribution in [0.15, 0.2) is 0 Å². The minimum Gasteiger partial charge on any atom is -0.342 e. The standard InChI is InChI=1S/C13H24N2O.ClH/c1-14-10-11-6-8-15(9-7-11)13(16)12-4-2-3-5-12;/h11-12,14H,2-10H2,1H3;1H. The summed E-state index contributed by atoms with van der Waals surface area (Å²) in [7, 11) is 2.01. The summed E-state index contributed by atoms with van der Waals surface area (Å²) in [5.74, 6) is 1.58. The van der Waals surface area contributed by atoms with Crippen molar-refractivity contribution in [1.29, 1.82) is 0 Å². The van der Waals surface area contributed by atoms with Gasteiger partial charge in [0.05, 0.1) is 0 Å². The molecule has 0 aromatic rings. The fourth-order valence-electron chi connectivity index (χ4n) is 3.08. The number of nitrogens with one attached hydrogen (secondary N) is 1. The van der Waals surface area contributed by atoms with Gasteiger partial charge in [-0.2, -0.15) is 0 Å². The first-order valence-electron chi connectivity index (χ1n) is 6.74. The molecule has 3 nitrogen and oxygen atoms in total. The number of likely N-dealkylation sites (tertiary alicyclic amines) is 1. The molecule has 17 heavy (non-hydrogen) atoms. The minimum absolute atomic E-state index is 0. The van der Waals surface area contributed by atoms with Crippen LogP contribution < -0.4 is 5.32 Å². The topological polar surface area (TPSA) is 32.3 Å². The predicted octanol–water partition coefficient (Wildman–Crippen LogP) is 2.06. The molecule has 2 aliphatic rings. The molecule has 0 spiro atoms. The highest BCUT2D eigenvalue weighted by Crippen LogP contribution is 2.28. The fourth-order valence-corrected chi connectivity index (χ4v) is 3.08. The average Bonchev–Trinajstić information content (AvgIpc) is 2.83. The van der Waals surface area contributed by atoms with E-state index in [1.54, 1.807) is 0 Å².